The smallest absolute Gasteiger partial charge is 0.255 e. The van der Waals surface area contributed by atoms with Gasteiger partial charge in [-0.25, -0.2) is 0 Å². The van der Waals surface area contributed by atoms with Gasteiger partial charge in [0.1, 0.15) is 13.2 Å². The predicted octanol–water partition coefficient (Wildman–Crippen LogP) is 4.36. The van der Waals surface area contributed by atoms with Gasteiger partial charge in [-0.05, 0) is 42.0 Å². The molecule has 3 aromatic rings. The summed E-state index contributed by atoms with van der Waals surface area (Å²) in [6.07, 6.45) is 0. The summed E-state index contributed by atoms with van der Waals surface area (Å²) in [6, 6.07) is 21.0. The molecule has 3 N–H and O–H groups in total. The highest BCUT2D eigenvalue weighted by molar-refractivity contribution is 6.05. The van der Waals surface area contributed by atoms with Crippen LogP contribution in [-0.2, 0) is 6.54 Å². The zero-order valence-electron chi connectivity index (χ0n) is 16.2. The van der Waals surface area contributed by atoms with Crippen molar-refractivity contribution in [1.82, 2.24) is 0 Å². The SMILES string of the molecule is CNc1ccccc1NC(=O)c1ccc(CNc2ccc3c(c2)OCCO3)cc1. The number of hydrogen-bond acceptors (Lipinski definition) is 5. The minimum absolute atomic E-state index is 0.140. The maximum atomic E-state index is 12.5. The Bertz CT molecular complexity index is 1000. The first kappa shape index (κ1) is 18.7. The van der Waals surface area contributed by atoms with Gasteiger partial charge in [-0.15, -0.1) is 0 Å². The summed E-state index contributed by atoms with van der Waals surface area (Å²) in [7, 11) is 1.83. The van der Waals surface area contributed by atoms with Crippen LogP contribution in [0.25, 0.3) is 0 Å². The lowest BCUT2D eigenvalue weighted by Gasteiger charge is -2.19. The number of anilines is 3. The average Bonchev–Trinajstić information content (AvgIpc) is 2.78. The van der Waals surface area contributed by atoms with E-state index in [1.54, 1.807) is 0 Å². The van der Waals surface area contributed by atoms with Crippen LogP contribution in [0.2, 0.25) is 0 Å². The fraction of sp³-hybridized carbons (Fsp3) is 0.174. The number of fused-ring (bicyclic) bond motifs is 1. The maximum absolute atomic E-state index is 12.5. The lowest BCUT2D eigenvalue weighted by Crippen LogP contribution is -2.15. The maximum Gasteiger partial charge on any atom is 0.255 e. The molecule has 6 nitrogen and oxygen atoms in total. The Hall–Kier alpha value is -3.67. The average molecular weight is 389 g/mol. The van der Waals surface area contributed by atoms with E-state index in [0.29, 0.717) is 25.3 Å². The standard InChI is InChI=1S/C23H23N3O3/c1-24-19-4-2-3-5-20(19)26-23(27)17-8-6-16(7-9-17)15-25-18-10-11-21-22(14-18)29-13-12-28-21/h2-11,14,24-25H,12-13,15H2,1H3,(H,26,27). The van der Waals surface area contributed by atoms with Crippen molar-refractivity contribution >= 4 is 23.0 Å². The highest BCUT2D eigenvalue weighted by atomic mass is 16.6. The zero-order chi connectivity index (χ0) is 20.1. The molecule has 0 bridgehead atoms. The van der Waals surface area contributed by atoms with Gasteiger partial charge in [-0.1, -0.05) is 24.3 Å². The molecule has 1 amide bonds. The second-order valence-electron chi connectivity index (χ2n) is 6.66. The molecule has 0 aliphatic carbocycles. The van der Waals surface area contributed by atoms with Crippen molar-refractivity contribution in [2.24, 2.45) is 0 Å². The molecule has 0 aromatic heterocycles. The van der Waals surface area contributed by atoms with Crippen molar-refractivity contribution in [3.63, 3.8) is 0 Å². The summed E-state index contributed by atoms with van der Waals surface area (Å²) in [5, 5.41) is 9.38. The second-order valence-corrected chi connectivity index (χ2v) is 6.66. The van der Waals surface area contributed by atoms with Crippen LogP contribution in [0, 0.1) is 0 Å². The Morgan fingerprint density at radius 2 is 1.62 bits per heavy atom. The molecule has 3 aromatic carbocycles. The second kappa shape index (κ2) is 8.56. The van der Waals surface area contributed by atoms with Gasteiger partial charge in [-0.2, -0.15) is 0 Å². The first-order valence-electron chi connectivity index (χ1n) is 9.53. The molecule has 1 aliphatic rings. The first-order valence-corrected chi connectivity index (χ1v) is 9.53. The van der Waals surface area contributed by atoms with Gasteiger partial charge in [0.15, 0.2) is 11.5 Å². The van der Waals surface area contributed by atoms with Gasteiger partial charge in [0.05, 0.1) is 11.4 Å². The van der Waals surface area contributed by atoms with Crippen molar-refractivity contribution in [2.45, 2.75) is 6.54 Å². The quantitative estimate of drug-likeness (QED) is 0.584. The number of carbonyl (C=O) groups is 1. The van der Waals surface area contributed by atoms with Crippen molar-refractivity contribution in [3.8, 4) is 11.5 Å². The Labute approximate surface area is 169 Å². The summed E-state index contributed by atoms with van der Waals surface area (Å²) in [4.78, 5) is 12.5. The molecule has 4 rings (SSSR count). The fourth-order valence-corrected chi connectivity index (χ4v) is 3.14. The minimum atomic E-state index is -0.140. The Balaban J connectivity index is 1.37. The molecular formula is C23H23N3O3. The molecule has 148 valence electrons. The summed E-state index contributed by atoms with van der Waals surface area (Å²) < 4.78 is 11.1. The molecule has 0 spiro atoms. The fourth-order valence-electron chi connectivity index (χ4n) is 3.14. The van der Waals surface area contributed by atoms with Gasteiger partial charge in [0.25, 0.3) is 5.91 Å². The first-order chi connectivity index (χ1) is 14.2. The molecule has 0 radical (unpaired) electrons. The van der Waals surface area contributed by atoms with Gasteiger partial charge in [0, 0.05) is 30.9 Å². The van der Waals surface area contributed by atoms with Gasteiger partial charge in [-0.3, -0.25) is 4.79 Å². The van der Waals surface area contributed by atoms with E-state index in [1.807, 2.05) is 73.8 Å². The van der Waals surface area contributed by atoms with Crippen molar-refractivity contribution in [1.29, 1.82) is 0 Å². The van der Waals surface area contributed by atoms with E-state index in [2.05, 4.69) is 16.0 Å². The number of ether oxygens (including phenoxy) is 2. The lowest BCUT2D eigenvalue weighted by molar-refractivity contribution is 0.102. The number of para-hydroxylation sites is 2. The monoisotopic (exact) mass is 389 g/mol. The molecular weight excluding hydrogens is 366 g/mol. The summed E-state index contributed by atoms with van der Waals surface area (Å²) in [6.45, 7) is 1.79. The van der Waals surface area contributed by atoms with E-state index in [0.717, 1.165) is 34.1 Å². The van der Waals surface area contributed by atoms with Crippen molar-refractivity contribution in [3.05, 3.63) is 77.9 Å². The number of hydrogen-bond donors (Lipinski definition) is 3. The molecule has 0 saturated carbocycles. The van der Waals surface area contributed by atoms with Crippen LogP contribution < -0.4 is 25.4 Å². The molecule has 0 unspecified atom stereocenters. The highest BCUT2D eigenvalue weighted by Crippen LogP contribution is 2.32. The number of carbonyl (C=O) groups excluding carboxylic acids is 1. The van der Waals surface area contributed by atoms with Crippen molar-refractivity contribution < 1.29 is 14.3 Å². The molecule has 1 heterocycles. The number of amides is 1. The number of benzene rings is 3. The third-order valence-corrected chi connectivity index (χ3v) is 4.70. The van der Waals surface area contributed by atoms with Crippen molar-refractivity contribution in [2.75, 3.05) is 36.2 Å². The zero-order valence-corrected chi connectivity index (χ0v) is 16.2. The predicted molar refractivity (Wildman–Crippen MR) is 115 cm³/mol. The van der Waals surface area contributed by atoms with E-state index in [4.69, 9.17) is 9.47 Å². The molecule has 0 saturated heterocycles. The molecule has 0 atom stereocenters. The summed E-state index contributed by atoms with van der Waals surface area (Å²) in [5.74, 6) is 1.39. The lowest BCUT2D eigenvalue weighted by atomic mass is 10.1. The Morgan fingerprint density at radius 3 is 2.38 bits per heavy atom. The van der Waals surface area contributed by atoms with E-state index in [1.165, 1.54) is 0 Å². The normalized spacial score (nSPS) is 12.2. The molecule has 1 aliphatic heterocycles. The van der Waals surface area contributed by atoms with Gasteiger partial charge < -0.3 is 25.4 Å². The highest BCUT2D eigenvalue weighted by Gasteiger charge is 2.12. The van der Waals surface area contributed by atoms with E-state index in [9.17, 15) is 4.79 Å². The van der Waals surface area contributed by atoms with Crippen LogP contribution in [0.5, 0.6) is 11.5 Å². The van der Waals surface area contributed by atoms with E-state index >= 15 is 0 Å². The van der Waals surface area contributed by atoms with Crippen LogP contribution in [0.1, 0.15) is 15.9 Å². The van der Waals surface area contributed by atoms with Crippen LogP contribution >= 0.6 is 0 Å². The topological polar surface area (TPSA) is 71.6 Å². The van der Waals surface area contributed by atoms with Gasteiger partial charge in [0.2, 0.25) is 0 Å². The summed E-state index contributed by atoms with van der Waals surface area (Å²) in [5.41, 5.74) is 4.27. The third-order valence-electron chi connectivity index (χ3n) is 4.70. The minimum Gasteiger partial charge on any atom is -0.486 e. The summed E-state index contributed by atoms with van der Waals surface area (Å²) >= 11 is 0. The number of rotatable bonds is 6. The van der Waals surface area contributed by atoms with Crippen LogP contribution in [0.15, 0.2) is 66.7 Å². The van der Waals surface area contributed by atoms with Gasteiger partial charge >= 0.3 is 0 Å². The largest absolute Gasteiger partial charge is 0.486 e. The van der Waals surface area contributed by atoms with Crippen LogP contribution in [0.4, 0.5) is 17.1 Å². The number of nitrogens with one attached hydrogen (secondary N) is 3. The molecule has 6 heteroatoms. The van der Waals surface area contributed by atoms with Crippen LogP contribution in [-0.4, -0.2) is 26.2 Å². The van der Waals surface area contributed by atoms with Crippen LogP contribution in [0.3, 0.4) is 0 Å². The molecule has 29 heavy (non-hydrogen) atoms. The third kappa shape index (κ3) is 4.43. The Morgan fingerprint density at radius 1 is 0.897 bits per heavy atom. The Kier molecular flexibility index (Phi) is 5.52. The molecule has 0 fully saturated rings. The van der Waals surface area contributed by atoms with E-state index in [-0.39, 0.29) is 5.91 Å². The van der Waals surface area contributed by atoms with E-state index < -0.39 is 0 Å².